The quantitative estimate of drug-likeness (QED) is 0.00425. The van der Waals surface area contributed by atoms with Gasteiger partial charge >= 0.3 is 65.9 Å². The third kappa shape index (κ3) is 30.7. The molecule has 8 fully saturated rings. The van der Waals surface area contributed by atoms with Crippen LogP contribution >= 0.6 is 0 Å². The largest absolute Gasteiger partial charge is 0.480 e. The number of aliphatic carboxylic acids is 2. The van der Waals surface area contributed by atoms with E-state index in [-0.39, 0.29) is 122 Å². The van der Waals surface area contributed by atoms with E-state index in [1.54, 1.807) is 35.1 Å². The maximum Gasteiger partial charge on any atom is 0.411 e. The van der Waals surface area contributed by atoms with Gasteiger partial charge in [-0.15, -0.1) is 0 Å². The monoisotopic (exact) mass is 2060 g/mol. The maximum atomic E-state index is 13.4. The second kappa shape index (κ2) is 57.3. The van der Waals surface area contributed by atoms with Crippen molar-refractivity contribution in [2.24, 2.45) is 45.7 Å². The maximum absolute atomic E-state index is 13.4. The van der Waals surface area contributed by atoms with Crippen LogP contribution in [0.3, 0.4) is 0 Å². The van der Waals surface area contributed by atoms with Crippen LogP contribution in [0.15, 0.2) is 216 Å². The molecule has 2 amide bonds. The zero-order valence-electron chi connectivity index (χ0n) is 88.3. The highest BCUT2D eigenvalue weighted by Crippen LogP contribution is 2.59. The van der Waals surface area contributed by atoms with Crippen LogP contribution in [-0.2, 0) is 135 Å². The molecule has 36 heteroatoms. The minimum atomic E-state index is -1.18. The first-order valence-electron chi connectivity index (χ1n) is 48.4. The van der Waals surface area contributed by atoms with Crippen molar-refractivity contribution in [3.8, 4) is 22.3 Å². The number of amides is 2. The summed E-state index contributed by atoms with van der Waals surface area (Å²) in [7, 11) is 13.9. The number of aliphatic hydroxyl groups excluding tert-OH is 1. The number of hydrogen-bond acceptors (Lipinski definition) is 32. The number of carbonyl (C=O) groups is 13. The van der Waals surface area contributed by atoms with Gasteiger partial charge in [-0.05, 0) is 145 Å². The van der Waals surface area contributed by atoms with E-state index in [0.717, 1.165) is 84.0 Å². The van der Waals surface area contributed by atoms with Crippen molar-refractivity contribution in [3.05, 3.63) is 250 Å². The molecule has 0 aromatic heterocycles. The SMILES string of the molecule is C=C1C[C@@H]2CC(C)(C)[C@H]1N2C.C=O.CC(=O)[C@@H]1COC(=O)C1.CNC(C(=O)O)C(C)(C)CC(OC)OC.COC(=O)/C=C(/C)[C@@H]1COC(=O)C1.COC(=O)/C=C(\C)[C@@H]1COC(=O)C1.COC(=O)CC(C)(C)[C@@H]1COC(=O)C1.COOC/C=C(/C)C1COC(=O)N1C1(c2ccccc2)c2ccccc2-c2ccccc21.COOC/C=C(\C)C1COC(=O)N1C1(c2ccccc2)c2ccccc2-c2ccccc21.N[C@@H](CO)C(=O)O. The number of likely N-dealkylation sites (N-methyl/N-ethyl adjacent to an activating group) is 2. The second-order valence-corrected chi connectivity index (χ2v) is 38.6. The molecule has 6 aromatic carbocycles. The van der Waals surface area contributed by atoms with E-state index in [9.17, 15) is 57.5 Å². The van der Waals surface area contributed by atoms with Crippen molar-refractivity contribution in [3.63, 3.8) is 0 Å². The number of carbonyl (C=O) groups excluding carboxylic acids is 11. The fraction of sp³-hybridized carbons (Fsp3) is 0.473. The van der Waals surface area contributed by atoms with E-state index in [1.807, 2.05) is 155 Å². The Morgan fingerprint density at radius 1 is 0.500 bits per heavy atom. The molecule has 10 atom stereocenters. The lowest BCUT2D eigenvalue weighted by Gasteiger charge is -2.43. The summed E-state index contributed by atoms with van der Waals surface area (Å²) < 4.78 is 54.0. The molecule has 0 spiro atoms. The Kier molecular flexibility index (Phi) is 47.1. The number of ether oxygens (including phenoxy) is 11. The summed E-state index contributed by atoms with van der Waals surface area (Å²) in [6, 6.07) is 53.0. The van der Waals surface area contributed by atoms with Gasteiger partial charge in [0.15, 0.2) is 6.29 Å². The van der Waals surface area contributed by atoms with Crippen LogP contribution in [0.4, 0.5) is 9.59 Å². The molecule has 8 heterocycles. The van der Waals surface area contributed by atoms with Gasteiger partial charge in [-0.2, -0.15) is 0 Å². The molecule has 8 saturated heterocycles. The summed E-state index contributed by atoms with van der Waals surface area (Å²) in [6.07, 6.45) is 10.5. The highest BCUT2D eigenvalue weighted by atomic mass is 17.2. The molecule has 2 aliphatic carbocycles. The van der Waals surface area contributed by atoms with Crippen LogP contribution in [0.5, 0.6) is 0 Å². The minimum absolute atomic E-state index is 0.0339. The van der Waals surface area contributed by atoms with Crippen LogP contribution in [0, 0.1) is 39.9 Å². The standard InChI is InChI=1S/2C27H25NO4.C10H21NO4.C10H17N.C10H16O4.2C9H12O4.C6H8O3.C3H7NO3.CH2O/c2*1-19(16-17-32-30-2)25-18-31-26(29)28(25)27(20-10-4-3-5-11-20)23-14-8-6-12-21(23)22-13-7-9-15-24(22)27;1-10(2,6-7(14-4)15-5)8(11-3)9(12)13;1-7-5-8-6-10(2,3)9(7)11(8)4;1-10(2,5-9(12)13-3)7-4-8(11)14-6-7;2*1-6(3-8(10)12-2)7-4-9(11)13-5-7;1-4(7)5-2-6(8)9-3-5;4-2(1-5)3(6)7;1-2/h2*3-16,25H,17-18H2,1-2H3;7-8,11H,6H2,1-5H3,(H,12,13);8-9H,1,5-6H2,2-4H3;7H,4-6H2,1-3H3;2*3,7H,4-5H2,1-2H3;5H,2-3H2,1H3;2,5H,1,4H2,(H,6,7);1H2/b19-16+;19-16-;;;;6-3+;6-3-;;;/t;;;8-,9+;3*7-;5-;2-;/m...100000./s1. The minimum Gasteiger partial charge on any atom is -0.480 e. The summed E-state index contributed by atoms with van der Waals surface area (Å²) >= 11 is 0. The molecule has 6 aromatic rings. The number of nitrogens with one attached hydrogen (secondary N) is 1. The molecule has 6 N–H and O–H groups in total. The number of carboxylic acids is 2. The first kappa shape index (κ1) is 122. The van der Waals surface area contributed by atoms with Gasteiger partial charge in [0.25, 0.3) is 0 Å². The lowest BCUT2D eigenvalue weighted by Crippen LogP contribution is -2.52. The van der Waals surface area contributed by atoms with Crippen molar-refractivity contribution in [1.29, 1.82) is 0 Å². The Balaban J connectivity index is 0.000000236. The smallest absolute Gasteiger partial charge is 0.411 e. The highest BCUT2D eigenvalue weighted by molar-refractivity contribution is 5.90. The molecule has 148 heavy (non-hydrogen) atoms. The number of ketones is 1. The van der Waals surface area contributed by atoms with Gasteiger partial charge in [-0.25, -0.2) is 38.7 Å². The number of benzene rings is 6. The number of cyclic esters (lactones) is 6. The Morgan fingerprint density at radius 2 is 0.865 bits per heavy atom. The van der Waals surface area contributed by atoms with Crippen LogP contribution in [0.1, 0.15) is 161 Å². The Morgan fingerprint density at radius 3 is 1.14 bits per heavy atom. The molecule has 804 valence electrons. The number of aliphatic hydroxyl groups is 1. The zero-order chi connectivity index (χ0) is 110. The normalized spacial score (nSPS) is 21.1. The molecule has 16 rings (SSSR count). The number of carboxylic acid groups (broad SMARTS) is 2. The van der Waals surface area contributed by atoms with Crippen LogP contribution in [0.2, 0.25) is 0 Å². The number of fused-ring (bicyclic) bond motifs is 8. The molecule has 0 saturated carbocycles. The number of hydrogen-bond donors (Lipinski definition) is 5. The van der Waals surface area contributed by atoms with E-state index < -0.39 is 59.1 Å². The fourth-order valence-electron chi connectivity index (χ4n) is 19.7. The summed E-state index contributed by atoms with van der Waals surface area (Å²) in [5.74, 6) is -3.85. The van der Waals surface area contributed by atoms with Gasteiger partial charge in [0.05, 0.1) is 112 Å². The number of methoxy groups -OCH3 is 5. The van der Waals surface area contributed by atoms with Crippen LogP contribution < -0.4 is 11.1 Å². The third-order valence-electron chi connectivity index (χ3n) is 27.7. The summed E-state index contributed by atoms with van der Waals surface area (Å²) in [6.45, 7) is 29.7. The van der Waals surface area contributed by atoms with Gasteiger partial charge < -0.3 is 83.3 Å². The molecule has 36 nitrogen and oxygen atoms in total. The average Bonchev–Trinajstić information content (AvgIpc) is 1.53. The first-order chi connectivity index (χ1) is 70.4. The predicted octanol–water partition coefficient (Wildman–Crippen LogP) is 14.2. The fourth-order valence-corrected chi connectivity index (χ4v) is 19.7. The van der Waals surface area contributed by atoms with Crippen molar-refractivity contribution < 1.29 is 149 Å². The molecular formula is C112H145N5O31. The molecule has 2 bridgehead atoms. The summed E-state index contributed by atoms with van der Waals surface area (Å²) in [4.78, 5) is 168. The number of nitrogens with two attached hydrogens (primary N) is 1. The second-order valence-electron chi connectivity index (χ2n) is 38.6. The molecule has 10 aliphatic rings. The number of rotatable bonds is 29. The summed E-state index contributed by atoms with van der Waals surface area (Å²) in [5.41, 5.74) is 19.0. The van der Waals surface area contributed by atoms with Gasteiger partial charge in [0, 0.05) is 62.6 Å². The van der Waals surface area contributed by atoms with Crippen molar-refractivity contribution in [2.75, 3.05) is 123 Å². The summed E-state index contributed by atoms with van der Waals surface area (Å²) in [5, 5.41) is 27.7. The van der Waals surface area contributed by atoms with E-state index in [0.29, 0.717) is 76.6 Å². The molecule has 3 unspecified atom stereocenters. The number of esters is 7. The van der Waals surface area contributed by atoms with Crippen molar-refractivity contribution >= 4 is 78.5 Å². The van der Waals surface area contributed by atoms with E-state index >= 15 is 0 Å². The lowest BCUT2D eigenvalue weighted by atomic mass is 9.75. The molecular weight excluding hydrogens is 1910 g/mol. The predicted molar refractivity (Wildman–Crippen MR) is 547 cm³/mol. The van der Waals surface area contributed by atoms with Gasteiger partial charge in [0.1, 0.15) is 68.8 Å². The van der Waals surface area contributed by atoms with E-state index in [4.69, 9.17) is 78.6 Å². The highest BCUT2D eigenvalue weighted by Gasteiger charge is 2.59. The first-order valence-corrected chi connectivity index (χ1v) is 48.4. The Hall–Kier alpha value is -13.3. The average molecular weight is 2060 g/mol. The molecule has 8 aliphatic heterocycles. The van der Waals surface area contributed by atoms with Gasteiger partial charge in [0.2, 0.25) is 0 Å². The lowest BCUT2D eigenvalue weighted by molar-refractivity contribution is -0.263. The van der Waals surface area contributed by atoms with E-state index in [1.165, 1.54) is 73.0 Å². The zero-order valence-corrected chi connectivity index (χ0v) is 88.3. The number of Topliss-reactive ketones (excluding diaryl/α,β-unsaturated/α-hetero) is 1. The third-order valence-corrected chi connectivity index (χ3v) is 27.7. The van der Waals surface area contributed by atoms with Gasteiger partial charge in [-0.1, -0.05) is 235 Å². The topological polar surface area (TPSA) is 469 Å². The van der Waals surface area contributed by atoms with Crippen LogP contribution in [0.25, 0.3) is 22.3 Å². The Bertz CT molecular complexity index is 5320. The number of nitrogens with zero attached hydrogens (tertiary/aromatic N) is 3. The van der Waals surface area contributed by atoms with Gasteiger partial charge in [-0.3, -0.25) is 53.1 Å². The van der Waals surface area contributed by atoms with Crippen molar-refractivity contribution in [1.82, 2.24) is 20.0 Å². The molecule has 0 radical (unpaired) electrons. The van der Waals surface area contributed by atoms with Crippen molar-refractivity contribution in [2.45, 2.75) is 181 Å². The Labute approximate surface area is 865 Å². The van der Waals surface area contributed by atoms with E-state index in [2.05, 4.69) is 129 Å². The van der Waals surface area contributed by atoms with Crippen LogP contribution in [-0.4, -0.2) is 274 Å².